The number of hydrogen-bond donors (Lipinski definition) is 0. The second-order valence-electron chi connectivity index (χ2n) is 6.13. The summed E-state index contributed by atoms with van der Waals surface area (Å²) in [7, 11) is 1.55. The molecule has 0 bridgehead atoms. The summed E-state index contributed by atoms with van der Waals surface area (Å²) in [5, 5.41) is 7.92. The molecular formula is C17H19N7O2. The molecule has 1 aliphatic rings. The van der Waals surface area contributed by atoms with Gasteiger partial charge in [0, 0.05) is 50.2 Å². The van der Waals surface area contributed by atoms with Gasteiger partial charge in [-0.25, -0.2) is 4.98 Å². The molecule has 1 amide bonds. The van der Waals surface area contributed by atoms with Crippen LogP contribution in [0.25, 0.3) is 5.78 Å². The van der Waals surface area contributed by atoms with Crippen LogP contribution in [-0.2, 0) is 0 Å². The Balaban J connectivity index is 1.45. The Morgan fingerprint density at radius 3 is 2.69 bits per heavy atom. The number of anilines is 1. The van der Waals surface area contributed by atoms with Crippen molar-refractivity contribution in [2.75, 3.05) is 38.2 Å². The van der Waals surface area contributed by atoms with Gasteiger partial charge in [-0.2, -0.15) is 4.98 Å². The Hall–Kier alpha value is -3.23. The van der Waals surface area contributed by atoms with Crippen LogP contribution in [0.1, 0.15) is 16.1 Å². The number of aromatic nitrogens is 5. The number of aryl methyl sites for hydroxylation is 1. The van der Waals surface area contributed by atoms with E-state index in [-0.39, 0.29) is 5.91 Å². The molecule has 0 spiro atoms. The fourth-order valence-electron chi connectivity index (χ4n) is 3.06. The van der Waals surface area contributed by atoms with E-state index in [2.05, 4.69) is 25.1 Å². The second kappa shape index (κ2) is 6.58. The van der Waals surface area contributed by atoms with E-state index in [1.54, 1.807) is 31.8 Å². The smallest absolute Gasteiger partial charge is 0.256 e. The zero-order valence-corrected chi connectivity index (χ0v) is 14.7. The lowest BCUT2D eigenvalue weighted by Crippen LogP contribution is -2.49. The molecule has 9 heteroatoms. The van der Waals surface area contributed by atoms with Gasteiger partial charge in [-0.15, -0.1) is 10.2 Å². The van der Waals surface area contributed by atoms with Gasteiger partial charge in [0.1, 0.15) is 12.1 Å². The summed E-state index contributed by atoms with van der Waals surface area (Å²) in [6, 6.07) is 5.45. The van der Waals surface area contributed by atoms with E-state index >= 15 is 0 Å². The van der Waals surface area contributed by atoms with Crippen molar-refractivity contribution in [3.8, 4) is 5.88 Å². The first-order valence-electron chi connectivity index (χ1n) is 8.37. The summed E-state index contributed by atoms with van der Waals surface area (Å²) in [5.41, 5.74) is 1.59. The van der Waals surface area contributed by atoms with Crippen molar-refractivity contribution in [1.82, 2.24) is 29.5 Å². The van der Waals surface area contributed by atoms with E-state index in [1.165, 1.54) is 0 Å². The standard InChI is InChI=1S/C17H19N7O2/c1-12-9-14(20-17-21-19-11-24(12)17)22-5-7-23(8-6-22)16(25)13-3-4-15(26-2)18-10-13/h3-4,9-11H,5-8H2,1-2H3. The highest BCUT2D eigenvalue weighted by atomic mass is 16.5. The van der Waals surface area contributed by atoms with Crippen molar-refractivity contribution in [1.29, 1.82) is 0 Å². The molecule has 134 valence electrons. The van der Waals surface area contributed by atoms with E-state index in [4.69, 9.17) is 4.74 Å². The summed E-state index contributed by atoms with van der Waals surface area (Å²) in [6.45, 7) is 4.68. The quantitative estimate of drug-likeness (QED) is 0.688. The Kier molecular flexibility index (Phi) is 4.11. The molecule has 0 saturated carbocycles. The van der Waals surface area contributed by atoms with Crippen LogP contribution in [0.2, 0.25) is 0 Å². The number of amides is 1. The van der Waals surface area contributed by atoms with Crippen LogP contribution in [0.5, 0.6) is 5.88 Å². The van der Waals surface area contributed by atoms with Gasteiger partial charge in [-0.3, -0.25) is 9.20 Å². The Morgan fingerprint density at radius 1 is 1.19 bits per heavy atom. The molecule has 26 heavy (non-hydrogen) atoms. The van der Waals surface area contributed by atoms with Crippen molar-refractivity contribution >= 4 is 17.5 Å². The maximum absolute atomic E-state index is 12.6. The van der Waals surface area contributed by atoms with Gasteiger partial charge in [0.2, 0.25) is 5.88 Å². The van der Waals surface area contributed by atoms with Crippen molar-refractivity contribution in [2.24, 2.45) is 0 Å². The third kappa shape index (κ3) is 2.92. The van der Waals surface area contributed by atoms with Crippen LogP contribution in [0, 0.1) is 6.92 Å². The molecule has 0 radical (unpaired) electrons. The first kappa shape index (κ1) is 16.2. The van der Waals surface area contributed by atoms with Crippen LogP contribution in [-0.4, -0.2) is 68.7 Å². The molecule has 1 aliphatic heterocycles. The lowest BCUT2D eigenvalue weighted by Gasteiger charge is -2.35. The number of carbonyl (C=O) groups is 1. The summed E-state index contributed by atoms with van der Waals surface area (Å²) in [4.78, 5) is 25.3. The van der Waals surface area contributed by atoms with Gasteiger partial charge in [-0.1, -0.05) is 0 Å². The van der Waals surface area contributed by atoms with Gasteiger partial charge in [0.25, 0.3) is 11.7 Å². The molecule has 1 saturated heterocycles. The number of fused-ring (bicyclic) bond motifs is 1. The fourth-order valence-corrected chi connectivity index (χ4v) is 3.06. The van der Waals surface area contributed by atoms with Gasteiger partial charge >= 0.3 is 0 Å². The summed E-state index contributed by atoms with van der Waals surface area (Å²) in [5.74, 6) is 1.93. The Labute approximate surface area is 150 Å². The van der Waals surface area contributed by atoms with E-state index in [0.29, 0.717) is 43.4 Å². The van der Waals surface area contributed by atoms with E-state index in [0.717, 1.165) is 11.5 Å². The van der Waals surface area contributed by atoms with E-state index in [1.807, 2.05) is 22.3 Å². The highest BCUT2D eigenvalue weighted by Gasteiger charge is 2.23. The third-order valence-electron chi connectivity index (χ3n) is 4.55. The minimum Gasteiger partial charge on any atom is -0.481 e. The van der Waals surface area contributed by atoms with E-state index < -0.39 is 0 Å². The van der Waals surface area contributed by atoms with Crippen LogP contribution < -0.4 is 9.64 Å². The maximum Gasteiger partial charge on any atom is 0.256 e. The van der Waals surface area contributed by atoms with Crippen molar-refractivity contribution in [2.45, 2.75) is 6.92 Å². The van der Waals surface area contributed by atoms with E-state index in [9.17, 15) is 4.79 Å². The number of methoxy groups -OCH3 is 1. The normalized spacial score (nSPS) is 14.7. The zero-order valence-electron chi connectivity index (χ0n) is 14.7. The minimum absolute atomic E-state index is 0.0168. The number of carbonyl (C=O) groups excluding carboxylic acids is 1. The molecule has 0 unspecified atom stereocenters. The number of hydrogen-bond acceptors (Lipinski definition) is 7. The molecule has 4 heterocycles. The number of pyridine rings is 1. The van der Waals surface area contributed by atoms with Gasteiger partial charge in [0.05, 0.1) is 12.7 Å². The molecule has 0 aromatic carbocycles. The third-order valence-corrected chi connectivity index (χ3v) is 4.55. The largest absolute Gasteiger partial charge is 0.481 e. The van der Waals surface area contributed by atoms with Crippen molar-refractivity contribution < 1.29 is 9.53 Å². The minimum atomic E-state index is -0.0168. The molecule has 9 nitrogen and oxygen atoms in total. The zero-order chi connectivity index (χ0) is 18.1. The SMILES string of the molecule is COc1ccc(C(=O)N2CCN(c3cc(C)n4cnnc4n3)CC2)cn1. The molecule has 0 atom stereocenters. The average molecular weight is 353 g/mol. The lowest BCUT2D eigenvalue weighted by molar-refractivity contribution is 0.0746. The van der Waals surface area contributed by atoms with Crippen LogP contribution >= 0.6 is 0 Å². The lowest BCUT2D eigenvalue weighted by atomic mass is 10.2. The first-order valence-corrected chi connectivity index (χ1v) is 8.37. The van der Waals surface area contributed by atoms with Crippen molar-refractivity contribution in [3.05, 3.63) is 42.0 Å². The first-order chi connectivity index (χ1) is 12.7. The van der Waals surface area contributed by atoms with Crippen LogP contribution in [0.15, 0.2) is 30.7 Å². The molecular weight excluding hydrogens is 334 g/mol. The molecule has 4 rings (SSSR count). The summed E-state index contributed by atoms with van der Waals surface area (Å²) < 4.78 is 6.88. The van der Waals surface area contributed by atoms with Crippen LogP contribution in [0.3, 0.4) is 0 Å². The number of nitrogens with zero attached hydrogens (tertiary/aromatic N) is 7. The molecule has 3 aromatic rings. The highest BCUT2D eigenvalue weighted by molar-refractivity contribution is 5.94. The topological polar surface area (TPSA) is 88.8 Å². The average Bonchev–Trinajstić information content (AvgIpc) is 3.17. The molecule has 3 aromatic heterocycles. The number of piperazine rings is 1. The van der Waals surface area contributed by atoms with Gasteiger partial charge in [0.15, 0.2) is 0 Å². The number of rotatable bonds is 3. The predicted octanol–water partition coefficient (Wildman–Crippen LogP) is 0.799. The number of ether oxygens (including phenoxy) is 1. The summed E-state index contributed by atoms with van der Waals surface area (Å²) >= 11 is 0. The fraction of sp³-hybridized carbons (Fsp3) is 0.353. The van der Waals surface area contributed by atoms with Gasteiger partial charge < -0.3 is 14.5 Å². The Bertz CT molecular complexity index is 930. The van der Waals surface area contributed by atoms with Gasteiger partial charge in [-0.05, 0) is 13.0 Å². The monoisotopic (exact) mass is 353 g/mol. The Morgan fingerprint density at radius 2 is 2.00 bits per heavy atom. The molecule has 0 aliphatic carbocycles. The highest BCUT2D eigenvalue weighted by Crippen LogP contribution is 2.18. The van der Waals surface area contributed by atoms with Crippen molar-refractivity contribution in [3.63, 3.8) is 0 Å². The maximum atomic E-state index is 12.6. The molecule has 1 fully saturated rings. The second-order valence-corrected chi connectivity index (χ2v) is 6.13. The predicted molar refractivity (Wildman–Crippen MR) is 94.4 cm³/mol. The summed E-state index contributed by atoms with van der Waals surface area (Å²) in [6.07, 6.45) is 3.21. The molecule has 0 N–H and O–H groups in total. The van der Waals surface area contributed by atoms with Crippen LogP contribution in [0.4, 0.5) is 5.82 Å².